The van der Waals surface area contributed by atoms with E-state index < -0.39 is 0 Å². The van der Waals surface area contributed by atoms with Gasteiger partial charge in [-0.05, 0) is 41.6 Å². The third kappa shape index (κ3) is 3.59. The van der Waals surface area contributed by atoms with Crippen LogP contribution in [0.3, 0.4) is 0 Å². The number of amidine groups is 1. The summed E-state index contributed by atoms with van der Waals surface area (Å²) in [6.45, 7) is 0. The molecule has 0 aliphatic carbocycles. The highest BCUT2D eigenvalue weighted by Gasteiger charge is 2.01. The largest absolute Gasteiger partial charge is 0.271 e. The number of benzene rings is 2. The second-order valence-corrected chi connectivity index (χ2v) is 4.71. The standard InChI is InChI=1S/C15H12FN3S/c1-20-15(18-10-17)19-14-4-2-3-12(9-14)11-5-7-13(16)8-6-11/h2-9H,1H3,(H,18,19). The van der Waals surface area contributed by atoms with Crippen molar-refractivity contribution in [3.63, 3.8) is 0 Å². The van der Waals surface area contributed by atoms with E-state index in [0.29, 0.717) is 5.17 Å². The molecule has 2 rings (SSSR count). The molecule has 0 saturated heterocycles. The van der Waals surface area contributed by atoms with E-state index >= 15 is 0 Å². The van der Waals surface area contributed by atoms with Gasteiger partial charge in [-0.3, -0.25) is 5.32 Å². The van der Waals surface area contributed by atoms with Gasteiger partial charge in [0.1, 0.15) is 5.82 Å². The van der Waals surface area contributed by atoms with Crippen molar-refractivity contribution < 1.29 is 4.39 Å². The van der Waals surface area contributed by atoms with Crippen LogP contribution in [-0.4, -0.2) is 11.4 Å². The molecule has 0 amide bonds. The highest BCUT2D eigenvalue weighted by atomic mass is 32.2. The van der Waals surface area contributed by atoms with Crippen LogP contribution >= 0.6 is 11.8 Å². The first-order chi connectivity index (χ1) is 9.72. The number of nitrogens with zero attached hydrogens (tertiary/aromatic N) is 2. The molecule has 3 nitrogen and oxygen atoms in total. The van der Waals surface area contributed by atoms with Crippen molar-refractivity contribution in [2.45, 2.75) is 0 Å². The van der Waals surface area contributed by atoms with Crippen molar-refractivity contribution in [1.82, 2.24) is 5.32 Å². The Morgan fingerprint density at radius 2 is 1.95 bits per heavy atom. The van der Waals surface area contributed by atoms with Crippen molar-refractivity contribution in [2.24, 2.45) is 4.99 Å². The normalized spacial score (nSPS) is 10.9. The van der Waals surface area contributed by atoms with Gasteiger partial charge in [-0.2, -0.15) is 5.26 Å². The highest BCUT2D eigenvalue weighted by molar-refractivity contribution is 8.13. The lowest BCUT2D eigenvalue weighted by Gasteiger charge is -2.04. The molecule has 0 fully saturated rings. The van der Waals surface area contributed by atoms with Gasteiger partial charge in [-0.25, -0.2) is 9.38 Å². The number of nitrogens with one attached hydrogen (secondary N) is 1. The van der Waals surface area contributed by atoms with Crippen LogP contribution in [0.4, 0.5) is 10.1 Å². The molecule has 5 heteroatoms. The van der Waals surface area contributed by atoms with Crippen LogP contribution in [0.5, 0.6) is 0 Å². The van der Waals surface area contributed by atoms with Crippen LogP contribution in [-0.2, 0) is 0 Å². The zero-order chi connectivity index (χ0) is 14.4. The lowest BCUT2D eigenvalue weighted by molar-refractivity contribution is 0.628. The molecule has 0 aliphatic rings. The first kappa shape index (κ1) is 14.1. The van der Waals surface area contributed by atoms with E-state index in [0.717, 1.165) is 16.8 Å². The summed E-state index contributed by atoms with van der Waals surface area (Å²) in [7, 11) is 0. The van der Waals surface area contributed by atoms with Crippen LogP contribution in [0, 0.1) is 17.3 Å². The van der Waals surface area contributed by atoms with Gasteiger partial charge in [0, 0.05) is 0 Å². The number of hydrogen-bond acceptors (Lipinski definition) is 3. The fraction of sp³-hybridized carbons (Fsp3) is 0.0667. The molecule has 20 heavy (non-hydrogen) atoms. The Balaban J connectivity index is 2.33. The number of hydrogen-bond donors (Lipinski definition) is 1. The Hall–Kier alpha value is -2.32. The van der Waals surface area contributed by atoms with Crippen LogP contribution in [0.25, 0.3) is 11.1 Å². The fourth-order valence-corrected chi connectivity index (χ4v) is 2.03. The van der Waals surface area contributed by atoms with E-state index in [1.54, 1.807) is 12.1 Å². The average Bonchev–Trinajstić information content (AvgIpc) is 2.48. The van der Waals surface area contributed by atoms with Gasteiger partial charge in [0.25, 0.3) is 0 Å². The van der Waals surface area contributed by atoms with Crippen LogP contribution in [0.2, 0.25) is 0 Å². The maximum absolute atomic E-state index is 12.9. The van der Waals surface area contributed by atoms with E-state index in [9.17, 15) is 4.39 Å². The summed E-state index contributed by atoms with van der Waals surface area (Å²) in [4.78, 5) is 4.34. The van der Waals surface area contributed by atoms with Crippen molar-refractivity contribution in [1.29, 1.82) is 5.26 Å². The van der Waals surface area contributed by atoms with Crippen molar-refractivity contribution in [3.8, 4) is 17.3 Å². The Morgan fingerprint density at radius 1 is 1.20 bits per heavy atom. The summed E-state index contributed by atoms with van der Waals surface area (Å²) in [5, 5.41) is 11.7. The minimum Gasteiger partial charge on any atom is -0.271 e. The Kier molecular flexibility index (Phi) is 4.75. The molecule has 0 spiro atoms. The minimum absolute atomic E-state index is 0.259. The molecular weight excluding hydrogens is 273 g/mol. The van der Waals surface area contributed by atoms with Gasteiger partial charge in [0.15, 0.2) is 11.4 Å². The maximum Gasteiger partial charge on any atom is 0.183 e. The van der Waals surface area contributed by atoms with Crippen LogP contribution in [0.15, 0.2) is 53.5 Å². The molecule has 2 aromatic rings. The maximum atomic E-state index is 12.9. The highest BCUT2D eigenvalue weighted by Crippen LogP contribution is 2.24. The molecule has 0 radical (unpaired) electrons. The van der Waals surface area contributed by atoms with E-state index in [1.165, 1.54) is 23.9 Å². The van der Waals surface area contributed by atoms with Crippen LogP contribution < -0.4 is 5.32 Å². The third-order valence-electron chi connectivity index (χ3n) is 2.61. The van der Waals surface area contributed by atoms with Gasteiger partial charge in [0.05, 0.1) is 5.69 Å². The first-order valence-electron chi connectivity index (χ1n) is 5.86. The van der Waals surface area contributed by atoms with Crippen molar-refractivity contribution in [2.75, 3.05) is 6.26 Å². The minimum atomic E-state index is -0.259. The summed E-state index contributed by atoms with van der Waals surface area (Å²) >= 11 is 1.36. The first-order valence-corrected chi connectivity index (χ1v) is 7.09. The van der Waals surface area contributed by atoms with Crippen molar-refractivity contribution in [3.05, 3.63) is 54.3 Å². The predicted molar refractivity (Wildman–Crippen MR) is 81.2 cm³/mol. The topological polar surface area (TPSA) is 48.2 Å². The number of rotatable bonds is 2. The lowest BCUT2D eigenvalue weighted by Crippen LogP contribution is -2.12. The van der Waals surface area contributed by atoms with Gasteiger partial charge >= 0.3 is 0 Å². The predicted octanol–water partition coefficient (Wildman–Crippen LogP) is 3.91. The zero-order valence-corrected chi connectivity index (χ0v) is 11.6. The molecule has 0 heterocycles. The summed E-state index contributed by atoms with van der Waals surface area (Å²) < 4.78 is 12.9. The second kappa shape index (κ2) is 6.73. The van der Waals surface area contributed by atoms with Crippen LogP contribution in [0.1, 0.15) is 0 Å². The van der Waals surface area contributed by atoms with Gasteiger partial charge in [-0.1, -0.05) is 36.0 Å². The molecule has 0 aromatic heterocycles. The van der Waals surface area contributed by atoms with Gasteiger partial charge < -0.3 is 0 Å². The molecule has 0 bridgehead atoms. The smallest absolute Gasteiger partial charge is 0.183 e. The van der Waals surface area contributed by atoms with E-state index in [2.05, 4.69) is 10.3 Å². The number of thioether (sulfide) groups is 1. The zero-order valence-electron chi connectivity index (χ0n) is 10.8. The van der Waals surface area contributed by atoms with E-state index in [1.807, 2.05) is 36.7 Å². The number of aliphatic imine (C=N–C) groups is 1. The quantitative estimate of drug-likeness (QED) is 0.394. The monoisotopic (exact) mass is 285 g/mol. The Morgan fingerprint density at radius 3 is 2.60 bits per heavy atom. The second-order valence-electron chi connectivity index (χ2n) is 3.92. The molecule has 0 atom stereocenters. The van der Waals surface area contributed by atoms with Gasteiger partial charge in [-0.15, -0.1) is 0 Å². The summed E-state index contributed by atoms with van der Waals surface area (Å²) in [6.07, 6.45) is 3.69. The molecule has 0 aliphatic heterocycles. The molecule has 1 N–H and O–H groups in total. The van der Waals surface area contributed by atoms with Crippen molar-refractivity contribution >= 4 is 22.6 Å². The molecule has 100 valence electrons. The van der Waals surface area contributed by atoms with Gasteiger partial charge in [0.2, 0.25) is 0 Å². The molecular formula is C15H12FN3S. The third-order valence-corrected chi connectivity index (χ3v) is 3.19. The van der Waals surface area contributed by atoms with E-state index in [4.69, 9.17) is 5.26 Å². The molecule has 2 aromatic carbocycles. The molecule has 0 unspecified atom stereocenters. The fourth-order valence-electron chi connectivity index (χ4n) is 1.69. The molecule has 0 saturated carbocycles. The average molecular weight is 285 g/mol. The summed E-state index contributed by atoms with van der Waals surface area (Å²) in [5.74, 6) is -0.259. The number of nitriles is 1. The summed E-state index contributed by atoms with van der Waals surface area (Å²) in [5.41, 5.74) is 2.60. The summed E-state index contributed by atoms with van der Waals surface area (Å²) in [6, 6.07) is 13.9. The SMILES string of the molecule is CSC(=Nc1cccc(-c2ccc(F)cc2)c1)NC#N. The number of halogens is 1. The lowest BCUT2D eigenvalue weighted by atomic mass is 10.1. The Labute approximate surface area is 121 Å². The van der Waals surface area contributed by atoms with E-state index in [-0.39, 0.29) is 5.82 Å². The Bertz CT molecular complexity index is 660.